The molecule has 1 heterocycles. The molecule has 0 radical (unpaired) electrons. The summed E-state index contributed by atoms with van der Waals surface area (Å²) in [6, 6.07) is -0.376. The molecule has 0 aliphatic carbocycles. The first-order chi connectivity index (χ1) is 13.2. The third-order valence-corrected chi connectivity index (χ3v) is 13.7. The molecule has 1 saturated heterocycles. The zero-order valence-electron chi connectivity index (χ0n) is 19.2. The molecule has 0 aromatic heterocycles. The lowest BCUT2D eigenvalue weighted by molar-refractivity contribution is -0.167. The second kappa shape index (κ2) is 9.60. The van der Waals surface area contributed by atoms with Crippen LogP contribution in [0.5, 0.6) is 0 Å². The van der Waals surface area contributed by atoms with Gasteiger partial charge in [-0.15, -0.1) is 0 Å². The number of nitrogens with zero attached hydrogens (tertiary/aromatic N) is 1. The monoisotopic (exact) mass is 451 g/mol. The van der Waals surface area contributed by atoms with E-state index in [0.717, 1.165) is 19.1 Å². The van der Waals surface area contributed by atoms with Crippen LogP contribution in [0.4, 0.5) is 0 Å². The zero-order chi connectivity index (χ0) is 22.8. The molecule has 1 aliphatic rings. The second-order valence-corrected chi connectivity index (χ2v) is 15.9. The fraction of sp³-hybridized carbons (Fsp3) is 0.895. The number of carboxylic acids is 1. The predicted molar refractivity (Wildman–Crippen MR) is 114 cm³/mol. The van der Waals surface area contributed by atoms with E-state index < -0.39 is 27.7 Å². The van der Waals surface area contributed by atoms with E-state index in [0.29, 0.717) is 25.4 Å². The third kappa shape index (κ3) is 4.96. The number of β-lactam (4-membered cyclic amide) rings is 1. The first kappa shape index (κ1) is 26.3. The number of carbonyl (C=O) groups excluding carboxylic acids is 1. The Hall–Kier alpha value is -0.733. The van der Waals surface area contributed by atoms with Crippen LogP contribution in [0.3, 0.4) is 0 Å². The minimum absolute atomic E-state index is 0.0533. The van der Waals surface area contributed by atoms with Gasteiger partial charge >= 0.3 is 13.6 Å². The molecule has 1 amide bonds. The van der Waals surface area contributed by atoms with Gasteiger partial charge in [0.1, 0.15) is 0 Å². The highest BCUT2D eigenvalue weighted by Gasteiger charge is 2.57. The van der Waals surface area contributed by atoms with Gasteiger partial charge in [0.25, 0.3) is 0 Å². The zero-order valence-corrected chi connectivity index (χ0v) is 21.1. The molecule has 1 unspecified atom stereocenters. The van der Waals surface area contributed by atoms with E-state index >= 15 is 0 Å². The van der Waals surface area contributed by atoms with Gasteiger partial charge in [-0.2, -0.15) is 0 Å². The van der Waals surface area contributed by atoms with Gasteiger partial charge in [-0.05, 0) is 36.9 Å². The first-order valence-electron chi connectivity index (χ1n) is 10.1. The van der Waals surface area contributed by atoms with Crippen molar-refractivity contribution in [2.75, 3.05) is 20.8 Å². The van der Waals surface area contributed by atoms with Crippen molar-refractivity contribution in [3.63, 3.8) is 0 Å². The Morgan fingerprint density at radius 1 is 1.28 bits per heavy atom. The largest absolute Gasteiger partial charge is 0.479 e. The highest BCUT2D eigenvalue weighted by atomic mass is 31.2. The molecule has 0 bridgehead atoms. The Kier molecular flexibility index (Phi) is 8.71. The summed E-state index contributed by atoms with van der Waals surface area (Å²) in [7, 11) is -3.80. The van der Waals surface area contributed by atoms with Crippen LogP contribution in [0.2, 0.25) is 18.1 Å². The van der Waals surface area contributed by atoms with Crippen LogP contribution in [-0.2, 0) is 27.6 Å². The Morgan fingerprint density at radius 2 is 1.79 bits per heavy atom. The van der Waals surface area contributed by atoms with Gasteiger partial charge < -0.3 is 23.5 Å². The Bertz CT molecular complexity index is 644. The predicted octanol–water partition coefficient (Wildman–Crippen LogP) is 4.17. The van der Waals surface area contributed by atoms with Gasteiger partial charge in [-0.1, -0.05) is 34.6 Å². The molecule has 170 valence electrons. The lowest BCUT2D eigenvalue weighted by Gasteiger charge is -2.50. The Balaban J connectivity index is 3.02. The summed E-state index contributed by atoms with van der Waals surface area (Å²) in [5, 5.41) is 9.73. The molecule has 0 saturated carbocycles. The van der Waals surface area contributed by atoms with E-state index in [-0.39, 0.29) is 22.9 Å². The Morgan fingerprint density at radius 3 is 2.17 bits per heavy atom. The third-order valence-electron chi connectivity index (χ3n) is 7.00. The number of amides is 1. The molecule has 3 atom stereocenters. The van der Waals surface area contributed by atoms with Crippen molar-refractivity contribution < 1.29 is 32.7 Å². The number of carboxylic acid groups (broad SMARTS) is 1. The standard InChI is InChI=1S/C19H38NO7PSi/c1-10-14-15(11-12-27-29(8,9)19(4,5)13(2)3)20(16(14)21)17(18(22)23)28(24,25-6)26-7/h13-15,17H,10-12H2,1-9H3,(H,22,23)/t14-,15-,17?/m0/s1. The van der Waals surface area contributed by atoms with Gasteiger partial charge in [0.2, 0.25) is 11.7 Å². The Labute approximate surface area is 175 Å². The summed E-state index contributed by atoms with van der Waals surface area (Å²) in [6.07, 6.45) is 1.06. The lowest BCUT2D eigenvalue weighted by Crippen LogP contribution is -2.66. The normalized spacial score (nSPS) is 22.0. The number of carbonyl (C=O) groups is 2. The second-order valence-electron chi connectivity index (χ2n) is 8.97. The van der Waals surface area contributed by atoms with Gasteiger partial charge in [0.15, 0.2) is 8.32 Å². The number of rotatable bonds is 12. The van der Waals surface area contributed by atoms with Crippen molar-refractivity contribution in [1.29, 1.82) is 0 Å². The van der Waals surface area contributed by atoms with Crippen LogP contribution in [0.1, 0.15) is 47.5 Å². The minimum Gasteiger partial charge on any atom is -0.479 e. The first-order valence-corrected chi connectivity index (χ1v) is 14.6. The molecular formula is C19H38NO7PSi. The van der Waals surface area contributed by atoms with Gasteiger partial charge in [0.05, 0.1) is 5.92 Å². The summed E-state index contributed by atoms with van der Waals surface area (Å²) in [5.74, 6) is -3.25. The fourth-order valence-electron chi connectivity index (χ4n) is 3.72. The fourth-order valence-corrected chi connectivity index (χ4v) is 7.52. The highest BCUT2D eigenvalue weighted by molar-refractivity contribution is 7.55. The topological polar surface area (TPSA) is 102 Å². The quantitative estimate of drug-likeness (QED) is 0.270. The molecule has 29 heavy (non-hydrogen) atoms. The SMILES string of the molecule is CC[C@@H]1C(=O)N(C(C(=O)O)P(=O)(OC)OC)[C@H]1CCO[Si](C)(C)C(C)(C)C(C)C. The van der Waals surface area contributed by atoms with Crippen LogP contribution in [0.15, 0.2) is 0 Å². The minimum atomic E-state index is -4.01. The van der Waals surface area contributed by atoms with Crippen LogP contribution in [0.25, 0.3) is 0 Å². The maximum atomic E-state index is 12.8. The molecule has 0 aromatic carbocycles. The molecule has 8 nitrogen and oxygen atoms in total. The lowest BCUT2D eigenvalue weighted by atomic mass is 9.83. The van der Waals surface area contributed by atoms with Crippen molar-refractivity contribution in [3.05, 3.63) is 0 Å². The number of aliphatic carboxylic acids is 1. The van der Waals surface area contributed by atoms with Crippen LogP contribution in [0, 0.1) is 11.8 Å². The average molecular weight is 452 g/mol. The smallest absolute Gasteiger partial charge is 0.364 e. The van der Waals surface area contributed by atoms with E-state index in [1.54, 1.807) is 0 Å². The molecule has 1 aliphatic heterocycles. The van der Waals surface area contributed by atoms with Crippen molar-refractivity contribution in [2.24, 2.45) is 11.8 Å². The number of hydrogen-bond acceptors (Lipinski definition) is 6. The van der Waals surface area contributed by atoms with Crippen LogP contribution in [-0.4, -0.2) is 62.9 Å². The van der Waals surface area contributed by atoms with Crippen molar-refractivity contribution in [3.8, 4) is 0 Å². The van der Waals surface area contributed by atoms with E-state index in [4.69, 9.17) is 13.5 Å². The van der Waals surface area contributed by atoms with Crippen molar-refractivity contribution in [1.82, 2.24) is 4.90 Å². The highest BCUT2D eigenvalue weighted by Crippen LogP contribution is 2.56. The molecule has 0 spiro atoms. The molecule has 1 N–H and O–H groups in total. The number of hydrogen-bond donors (Lipinski definition) is 1. The van der Waals surface area contributed by atoms with Crippen LogP contribution < -0.4 is 0 Å². The van der Waals surface area contributed by atoms with E-state index in [1.165, 1.54) is 0 Å². The molecule has 0 aromatic rings. The summed E-state index contributed by atoms with van der Waals surface area (Å²) in [6.45, 7) is 15.4. The van der Waals surface area contributed by atoms with Gasteiger partial charge in [-0.3, -0.25) is 9.36 Å². The van der Waals surface area contributed by atoms with E-state index in [2.05, 4.69) is 40.8 Å². The van der Waals surface area contributed by atoms with Gasteiger partial charge in [-0.25, -0.2) is 4.79 Å². The van der Waals surface area contributed by atoms with Gasteiger partial charge in [0, 0.05) is 26.9 Å². The summed E-state index contributed by atoms with van der Waals surface area (Å²) < 4.78 is 28.9. The maximum absolute atomic E-state index is 12.8. The van der Waals surface area contributed by atoms with E-state index in [1.807, 2.05) is 6.92 Å². The molecule has 1 rings (SSSR count). The molecule has 10 heteroatoms. The van der Waals surface area contributed by atoms with Crippen molar-refractivity contribution in [2.45, 2.75) is 77.4 Å². The number of likely N-dealkylation sites (tertiary alicyclic amines) is 1. The average Bonchev–Trinajstić information content (AvgIpc) is 2.64. The summed E-state index contributed by atoms with van der Waals surface area (Å²) in [4.78, 5) is 25.7. The molecular weight excluding hydrogens is 413 g/mol. The summed E-state index contributed by atoms with van der Waals surface area (Å²) >= 11 is 0. The van der Waals surface area contributed by atoms with Crippen LogP contribution >= 0.6 is 7.60 Å². The molecule has 1 fully saturated rings. The maximum Gasteiger partial charge on any atom is 0.364 e. The van der Waals surface area contributed by atoms with Crippen molar-refractivity contribution >= 4 is 27.8 Å². The van der Waals surface area contributed by atoms with E-state index in [9.17, 15) is 19.3 Å². The summed E-state index contributed by atoms with van der Waals surface area (Å²) in [5.41, 5.74) is 0.